The number of aromatic amines is 2. The summed E-state index contributed by atoms with van der Waals surface area (Å²) in [7, 11) is -3.10. The summed E-state index contributed by atoms with van der Waals surface area (Å²) in [6.07, 6.45) is 10.5. The molecule has 4 aliphatic rings. The number of H-pyrrole nitrogens is 2. The number of aromatic nitrogens is 5. The smallest absolute Gasteiger partial charge is 0.296 e. The number of piperazine rings is 1. The topological polar surface area (TPSA) is 237 Å². The molecule has 0 bridgehead atoms. The molecule has 0 radical (unpaired) electrons. The second-order valence-electron chi connectivity index (χ2n) is 21.7. The number of rotatable bonds is 16. The van der Waals surface area contributed by atoms with Crippen molar-refractivity contribution in [2.24, 2.45) is 11.3 Å². The molecular weight excluding hydrogens is 975 g/mol. The van der Waals surface area contributed by atoms with E-state index in [1.807, 2.05) is 18.2 Å². The van der Waals surface area contributed by atoms with Crippen LogP contribution in [0.3, 0.4) is 0 Å². The molecule has 1 spiro atoms. The van der Waals surface area contributed by atoms with Crippen LogP contribution in [0.15, 0.2) is 103 Å². The molecule has 7 aromatic rings. The molecule has 11 rings (SSSR count). The summed E-state index contributed by atoms with van der Waals surface area (Å²) < 4.78 is 42.5. The van der Waals surface area contributed by atoms with Gasteiger partial charge in [-0.1, -0.05) is 50.2 Å². The molecule has 3 aromatic carbocycles. The van der Waals surface area contributed by atoms with E-state index in [0.29, 0.717) is 48.6 Å². The molecule has 20 heteroatoms. The summed E-state index contributed by atoms with van der Waals surface area (Å²) in [4.78, 5) is 52.4. The number of carbonyl (C=O) groups is 1. The summed E-state index contributed by atoms with van der Waals surface area (Å²) >= 11 is 0. The fourth-order valence-corrected chi connectivity index (χ4v) is 13.1. The van der Waals surface area contributed by atoms with Crippen molar-refractivity contribution in [3.8, 4) is 17.2 Å². The number of hydrogen-bond donors (Lipinski definition) is 5. The summed E-state index contributed by atoms with van der Waals surface area (Å²) in [5.74, 6) is 1.26. The summed E-state index contributed by atoms with van der Waals surface area (Å²) in [5.41, 5.74) is 3.44. The number of hydrogen-bond acceptors (Lipinski definition) is 15. The monoisotopic (exact) mass is 1040 g/mol. The minimum Gasteiger partial charge on any atom is -0.497 e. The van der Waals surface area contributed by atoms with E-state index >= 15 is 0 Å². The molecule has 1 atom stereocenters. The highest BCUT2D eigenvalue weighted by Gasteiger charge is 2.55. The van der Waals surface area contributed by atoms with Crippen molar-refractivity contribution in [2.45, 2.75) is 94.3 Å². The first-order valence-corrected chi connectivity index (χ1v) is 27.3. The highest BCUT2D eigenvalue weighted by Crippen LogP contribution is 2.53. The van der Waals surface area contributed by atoms with Gasteiger partial charge in [0.15, 0.2) is 0 Å². The lowest BCUT2D eigenvalue weighted by Gasteiger charge is -2.63. The Morgan fingerprint density at radius 3 is 2.49 bits per heavy atom. The number of fused-ring (bicyclic) bond motifs is 2. The maximum atomic E-state index is 14.3. The third-order valence-corrected chi connectivity index (χ3v) is 17.4. The van der Waals surface area contributed by atoms with Crippen LogP contribution < -0.4 is 24.4 Å². The van der Waals surface area contributed by atoms with E-state index < -0.39 is 37.0 Å². The zero-order valence-corrected chi connectivity index (χ0v) is 43.4. The van der Waals surface area contributed by atoms with Crippen LogP contribution in [0, 0.1) is 21.4 Å². The zero-order chi connectivity index (χ0) is 52.2. The van der Waals surface area contributed by atoms with Gasteiger partial charge >= 0.3 is 0 Å². The Morgan fingerprint density at radius 2 is 1.75 bits per heavy atom. The molecule has 75 heavy (non-hydrogen) atoms. The Bertz CT molecular complexity index is 3370. The number of nitro benzene ring substituents is 1. The van der Waals surface area contributed by atoms with Crippen LogP contribution in [-0.4, -0.2) is 117 Å². The number of benzene rings is 3. The van der Waals surface area contributed by atoms with Crippen LogP contribution in [0.5, 0.6) is 17.2 Å². The van der Waals surface area contributed by atoms with Gasteiger partial charge in [-0.25, -0.2) is 28.1 Å². The third kappa shape index (κ3) is 10.1. The van der Waals surface area contributed by atoms with Crippen molar-refractivity contribution < 1.29 is 32.7 Å². The SMILES string of the molecule is COc1ccc(CN2CCN(C3CC4(C3)CN(c3cc(Oc5cnc6[nH]ccc6c5)c(C(=O)NS(=O)(=O)c5cc([N+](=O)[O-])c(NC[C@H]6CC[C@](C)(O)CC6)c6[nH]cnc56)cn3)C4)C(c3ccccc3C(C)C)C2)cc1. The first-order valence-electron chi connectivity index (χ1n) is 25.8. The second-order valence-corrected chi connectivity index (χ2v) is 23.3. The van der Waals surface area contributed by atoms with Crippen LogP contribution in [0.4, 0.5) is 17.2 Å². The quantitative estimate of drug-likeness (QED) is 0.0450. The van der Waals surface area contributed by atoms with Gasteiger partial charge in [0.05, 0.1) is 35.7 Å². The first kappa shape index (κ1) is 50.0. The Morgan fingerprint density at radius 1 is 0.973 bits per heavy atom. The second kappa shape index (κ2) is 19.9. The molecule has 2 saturated carbocycles. The van der Waals surface area contributed by atoms with E-state index in [1.54, 1.807) is 32.4 Å². The van der Waals surface area contributed by atoms with Gasteiger partial charge in [-0.15, -0.1) is 0 Å². The predicted molar refractivity (Wildman–Crippen MR) is 285 cm³/mol. The maximum absolute atomic E-state index is 14.3. The molecule has 4 fully saturated rings. The van der Waals surface area contributed by atoms with E-state index in [9.17, 15) is 28.4 Å². The van der Waals surface area contributed by atoms with Crippen molar-refractivity contribution in [3.63, 3.8) is 0 Å². The van der Waals surface area contributed by atoms with Crippen molar-refractivity contribution in [1.29, 1.82) is 0 Å². The van der Waals surface area contributed by atoms with Gasteiger partial charge in [0.1, 0.15) is 50.4 Å². The lowest BCUT2D eigenvalue weighted by atomic mass is 9.60. The number of pyridine rings is 2. The van der Waals surface area contributed by atoms with Gasteiger partial charge in [0.2, 0.25) is 0 Å². The molecule has 2 saturated heterocycles. The molecule has 2 aliphatic heterocycles. The largest absolute Gasteiger partial charge is 0.497 e. The van der Waals surface area contributed by atoms with E-state index in [2.05, 4.69) is 94.9 Å². The summed E-state index contributed by atoms with van der Waals surface area (Å²) in [6, 6.07) is 24.1. The van der Waals surface area contributed by atoms with Gasteiger partial charge in [-0.3, -0.25) is 24.7 Å². The standard InChI is InChI=1S/C55H63N11O8S/c1-34(2)41-7-5-6-8-42(41)45-30-63(29-36-9-11-39(73-4)12-10-36)19-20-65(45)38-24-55(25-38)31-64(32-55)48-23-46(74-40-21-37-15-18-56-52(37)59-27-40)43(28-57-48)53(67)62-75(71,72)47-22-44(66(69)70)49(51-50(47)60-33-61-51)58-26-35-13-16-54(3,68)17-14-35/h5-12,15,18,21-23,27-28,33-35,38,45,58,68H,13-14,16-17,19-20,24-26,29-32H2,1-4H3,(H,56,59)(H,60,61)(H,62,67)/t35-,45?,54-. The lowest BCUT2D eigenvalue weighted by molar-refractivity contribution is -0.384. The minimum atomic E-state index is -4.79. The Labute approximate surface area is 435 Å². The number of methoxy groups -OCH3 is 1. The Kier molecular flexibility index (Phi) is 13.3. The van der Waals surface area contributed by atoms with Crippen molar-refractivity contribution in [1.82, 2.24) is 39.4 Å². The number of ether oxygens (including phenoxy) is 2. The fraction of sp³-hybridized carbons (Fsp3) is 0.418. The first-order chi connectivity index (χ1) is 36.0. The number of nitro groups is 1. The van der Waals surface area contributed by atoms with E-state index in [0.717, 1.165) is 82.2 Å². The van der Waals surface area contributed by atoms with Gasteiger partial charge < -0.3 is 34.8 Å². The maximum Gasteiger partial charge on any atom is 0.296 e. The molecule has 2 aliphatic carbocycles. The molecule has 5 N–H and O–H groups in total. The van der Waals surface area contributed by atoms with Crippen LogP contribution in [0.2, 0.25) is 0 Å². The number of nitrogens with one attached hydrogen (secondary N) is 4. The highest BCUT2D eigenvalue weighted by molar-refractivity contribution is 7.90. The molecule has 1 amide bonds. The molecule has 19 nitrogen and oxygen atoms in total. The average Bonchev–Trinajstić information content (AvgIpc) is 4.06. The van der Waals surface area contributed by atoms with Crippen molar-refractivity contribution in [3.05, 3.63) is 130 Å². The number of nitrogens with zero attached hydrogens (tertiary/aromatic N) is 7. The number of aliphatic hydroxyl groups is 1. The van der Waals surface area contributed by atoms with Crippen molar-refractivity contribution >= 4 is 55.2 Å². The van der Waals surface area contributed by atoms with Crippen LogP contribution >= 0.6 is 0 Å². The summed E-state index contributed by atoms with van der Waals surface area (Å²) in [5, 5.41) is 26.9. The Balaban J connectivity index is 0.814. The third-order valence-electron chi connectivity index (χ3n) is 16.0. The normalized spacial score (nSPS) is 21.3. The van der Waals surface area contributed by atoms with Gasteiger partial charge in [-0.05, 0) is 98.2 Å². The number of carbonyl (C=O) groups excluding carboxylic acids is 1. The van der Waals surface area contributed by atoms with Crippen LogP contribution in [-0.2, 0) is 16.6 Å². The average molecular weight is 1040 g/mol. The summed E-state index contributed by atoms with van der Waals surface area (Å²) in [6.45, 7) is 11.9. The minimum absolute atomic E-state index is 0.0515. The highest BCUT2D eigenvalue weighted by atomic mass is 32.2. The number of sulfonamides is 1. The number of imidazole rings is 1. The van der Waals surface area contributed by atoms with E-state index in [4.69, 9.17) is 14.5 Å². The lowest BCUT2D eigenvalue weighted by Crippen LogP contribution is -2.68. The van der Waals surface area contributed by atoms with Crippen LogP contribution in [0.25, 0.3) is 22.1 Å². The number of amides is 1. The predicted octanol–water partition coefficient (Wildman–Crippen LogP) is 8.67. The molecule has 4 aromatic heterocycles. The van der Waals surface area contributed by atoms with E-state index in [-0.39, 0.29) is 45.4 Å². The molecule has 1 unspecified atom stereocenters. The molecule has 392 valence electrons. The van der Waals surface area contributed by atoms with Crippen molar-refractivity contribution in [2.75, 3.05) is 56.6 Å². The molecular formula is C55H63N11O8S. The van der Waals surface area contributed by atoms with Crippen LogP contribution in [0.1, 0.15) is 98.3 Å². The fourth-order valence-electron chi connectivity index (χ4n) is 11.9. The zero-order valence-electron chi connectivity index (χ0n) is 42.6. The van der Waals surface area contributed by atoms with Gasteiger partial charge in [-0.2, -0.15) is 0 Å². The van der Waals surface area contributed by atoms with Gasteiger partial charge in [0.25, 0.3) is 21.6 Å². The van der Waals surface area contributed by atoms with E-state index in [1.165, 1.54) is 35.4 Å². The Hall–Kier alpha value is -7.13. The molecule has 6 heterocycles. The number of anilines is 2. The van der Waals surface area contributed by atoms with Gasteiger partial charge in [0, 0.05) is 93.2 Å².